The van der Waals surface area contributed by atoms with Crippen LogP contribution in [-0.4, -0.2) is 78.2 Å². The van der Waals surface area contributed by atoms with Crippen LogP contribution in [0.2, 0.25) is 5.02 Å². The smallest absolute Gasteiger partial charge is 0.338 e. The van der Waals surface area contributed by atoms with Gasteiger partial charge in [0.05, 0.1) is 12.7 Å². The van der Waals surface area contributed by atoms with Gasteiger partial charge >= 0.3 is 5.97 Å². The number of ether oxygens (including phenoxy) is 1. The number of hydrogen-bond donors (Lipinski definition) is 2. The molecule has 2 aromatic rings. The second kappa shape index (κ2) is 12.8. The average molecular weight is 557 g/mol. The molecule has 0 spiro atoms. The summed E-state index contributed by atoms with van der Waals surface area (Å²) in [5.41, 5.74) is 7.00. The fraction of sp³-hybridized carbons (Fsp3) is 0.370. The van der Waals surface area contributed by atoms with Crippen LogP contribution in [0.3, 0.4) is 0 Å². The van der Waals surface area contributed by atoms with Crippen molar-refractivity contribution < 1.29 is 23.5 Å². The maximum atomic E-state index is 13.9. The first-order valence-electron chi connectivity index (χ1n) is 12.6. The number of nitrogens with zero attached hydrogens (tertiary/aromatic N) is 4. The first-order valence-corrected chi connectivity index (χ1v) is 13.0. The van der Waals surface area contributed by atoms with E-state index in [-0.39, 0.29) is 29.3 Å². The molecule has 0 saturated carbocycles. The summed E-state index contributed by atoms with van der Waals surface area (Å²) in [6.07, 6.45) is 2.52. The molecular weight excluding hydrogens is 527 g/mol. The van der Waals surface area contributed by atoms with E-state index in [0.717, 1.165) is 0 Å². The molecule has 1 atom stereocenters. The van der Waals surface area contributed by atoms with Gasteiger partial charge < -0.3 is 20.7 Å². The molecule has 1 unspecified atom stereocenters. The highest BCUT2D eigenvalue weighted by Gasteiger charge is 2.34. The summed E-state index contributed by atoms with van der Waals surface area (Å²) in [5.74, 6) is -1.09. The number of aromatic nitrogens is 1. The molecule has 0 radical (unpaired) electrons. The Bertz CT molecular complexity index is 1290. The molecular formula is C27H30ClFN6O4. The first-order chi connectivity index (χ1) is 18.8. The number of piperazine rings is 1. The summed E-state index contributed by atoms with van der Waals surface area (Å²) in [5, 5.41) is 3.40. The molecule has 2 aliphatic heterocycles. The molecule has 1 fully saturated rings. The predicted molar refractivity (Wildman–Crippen MR) is 143 cm³/mol. The van der Waals surface area contributed by atoms with Crippen LogP contribution < -0.4 is 11.1 Å². The van der Waals surface area contributed by atoms with Gasteiger partial charge in [0, 0.05) is 68.0 Å². The number of hydrogen-bond acceptors (Lipinski definition) is 8. The van der Waals surface area contributed by atoms with Gasteiger partial charge in [-0.05, 0) is 30.7 Å². The zero-order valence-electron chi connectivity index (χ0n) is 21.5. The Morgan fingerprint density at radius 2 is 1.92 bits per heavy atom. The van der Waals surface area contributed by atoms with Crippen LogP contribution in [-0.2, 0) is 19.1 Å². The summed E-state index contributed by atoms with van der Waals surface area (Å²) in [4.78, 5) is 49.6. The highest BCUT2D eigenvalue weighted by atomic mass is 35.5. The topological polar surface area (TPSA) is 130 Å². The standard InChI is InChI=1S/C27H30ClFN6O4/c1-39-27(38)24-21(16-34-11-13-35(14-12-34)23(37)7-4-6-22(30)36)32-26(20-5-2-3-10-31-20)33-25(24)18-9-8-17(29)15-19(18)28/h2-3,5,8-10,15,25H,4,6-7,11-14,16H2,1H3,(H2,30,36)(H,32,33). The third-order valence-corrected chi connectivity index (χ3v) is 6.94. The van der Waals surface area contributed by atoms with E-state index in [1.54, 1.807) is 23.2 Å². The fourth-order valence-electron chi connectivity index (χ4n) is 4.60. The molecule has 4 rings (SSSR count). The lowest BCUT2D eigenvalue weighted by Crippen LogP contribution is -2.50. The van der Waals surface area contributed by atoms with E-state index in [0.29, 0.717) is 61.9 Å². The van der Waals surface area contributed by atoms with E-state index >= 15 is 0 Å². The van der Waals surface area contributed by atoms with Crippen LogP contribution in [0.4, 0.5) is 4.39 Å². The van der Waals surface area contributed by atoms with Gasteiger partial charge in [-0.15, -0.1) is 0 Å². The zero-order valence-corrected chi connectivity index (χ0v) is 22.3. The third kappa shape index (κ3) is 6.98. The number of esters is 1. The van der Waals surface area contributed by atoms with Crippen LogP contribution in [0.15, 0.2) is 58.9 Å². The Hall–Kier alpha value is -3.83. The number of halogens is 2. The molecule has 39 heavy (non-hydrogen) atoms. The average Bonchev–Trinajstić information content (AvgIpc) is 2.93. The second-order valence-corrected chi connectivity index (χ2v) is 9.65. The SMILES string of the molecule is COC(=O)C1=C(CN2CCN(C(=O)CCCC(N)=O)CC2)NC(c2ccccn2)=NC1c1ccc(F)cc1Cl. The lowest BCUT2D eigenvalue weighted by atomic mass is 9.94. The van der Waals surface area contributed by atoms with Gasteiger partial charge in [-0.3, -0.25) is 24.5 Å². The summed E-state index contributed by atoms with van der Waals surface area (Å²) < 4.78 is 19.0. The number of amides is 2. The van der Waals surface area contributed by atoms with E-state index < -0.39 is 23.7 Å². The number of carbonyl (C=O) groups excluding carboxylic acids is 3. The van der Waals surface area contributed by atoms with Crippen molar-refractivity contribution in [1.82, 2.24) is 20.1 Å². The van der Waals surface area contributed by atoms with Gasteiger partial charge in [0.15, 0.2) is 5.84 Å². The van der Waals surface area contributed by atoms with Crippen molar-refractivity contribution in [3.05, 3.63) is 76.0 Å². The number of nitrogens with one attached hydrogen (secondary N) is 1. The van der Waals surface area contributed by atoms with Crippen molar-refractivity contribution in [3.63, 3.8) is 0 Å². The van der Waals surface area contributed by atoms with Crippen LogP contribution in [0.25, 0.3) is 0 Å². The minimum Gasteiger partial charge on any atom is -0.466 e. The predicted octanol–water partition coefficient (Wildman–Crippen LogP) is 2.19. The van der Waals surface area contributed by atoms with Gasteiger partial charge in [0.25, 0.3) is 0 Å². The zero-order chi connectivity index (χ0) is 27.9. The van der Waals surface area contributed by atoms with Gasteiger partial charge in [0.1, 0.15) is 17.6 Å². The fourth-order valence-corrected chi connectivity index (χ4v) is 4.87. The van der Waals surface area contributed by atoms with Gasteiger partial charge in [-0.25, -0.2) is 9.18 Å². The number of nitrogens with two attached hydrogens (primary N) is 1. The molecule has 2 aliphatic rings. The Morgan fingerprint density at radius 3 is 2.56 bits per heavy atom. The molecule has 3 N–H and O–H groups in total. The summed E-state index contributed by atoms with van der Waals surface area (Å²) in [6.45, 7) is 2.49. The lowest BCUT2D eigenvalue weighted by molar-refractivity contribution is -0.136. The Balaban J connectivity index is 1.59. The quantitative estimate of drug-likeness (QED) is 0.453. The highest BCUT2D eigenvalue weighted by molar-refractivity contribution is 6.31. The number of methoxy groups -OCH3 is 1. The first kappa shape index (κ1) is 28.2. The number of primary amides is 1. The summed E-state index contributed by atoms with van der Waals surface area (Å²) >= 11 is 6.42. The van der Waals surface area contributed by atoms with E-state index in [4.69, 9.17) is 27.1 Å². The molecule has 0 aliphatic carbocycles. The number of benzene rings is 1. The van der Waals surface area contributed by atoms with Crippen molar-refractivity contribution in [2.45, 2.75) is 25.3 Å². The van der Waals surface area contributed by atoms with Crippen molar-refractivity contribution in [3.8, 4) is 0 Å². The van der Waals surface area contributed by atoms with Crippen molar-refractivity contribution in [2.24, 2.45) is 10.7 Å². The van der Waals surface area contributed by atoms with Gasteiger partial charge in [0.2, 0.25) is 11.8 Å². The monoisotopic (exact) mass is 556 g/mol. The maximum Gasteiger partial charge on any atom is 0.338 e. The summed E-state index contributed by atoms with van der Waals surface area (Å²) in [7, 11) is 1.29. The Morgan fingerprint density at radius 1 is 1.15 bits per heavy atom. The Kier molecular flexibility index (Phi) is 9.26. The van der Waals surface area contributed by atoms with Crippen molar-refractivity contribution in [2.75, 3.05) is 39.8 Å². The number of aliphatic imine (C=N–C) groups is 1. The maximum absolute atomic E-state index is 13.9. The van der Waals surface area contributed by atoms with E-state index in [2.05, 4.69) is 15.2 Å². The van der Waals surface area contributed by atoms with Crippen molar-refractivity contribution in [1.29, 1.82) is 0 Å². The highest BCUT2D eigenvalue weighted by Crippen LogP contribution is 2.36. The van der Waals surface area contributed by atoms with Gasteiger partial charge in [-0.2, -0.15) is 0 Å². The van der Waals surface area contributed by atoms with Crippen LogP contribution in [0.1, 0.15) is 36.6 Å². The number of pyridine rings is 1. The van der Waals surface area contributed by atoms with E-state index in [9.17, 15) is 18.8 Å². The molecule has 1 aromatic carbocycles. The Labute approximate surface area is 230 Å². The van der Waals surface area contributed by atoms with E-state index in [1.807, 2.05) is 6.07 Å². The number of carbonyl (C=O) groups is 3. The third-order valence-electron chi connectivity index (χ3n) is 6.62. The molecule has 1 aromatic heterocycles. The van der Waals surface area contributed by atoms with Crippen LogP contribution in [0, 0.1) is 5.82 Å². The number of amidine groups is 1. The van der Waals surface area contributed by atoms with Crippen LogP contribution in [0.5, 0.6) is 0 Å². The van der Waals surface area contributed by atoms with Gasteiger partial charge in [-0.1, -0.05) is 23.7 Å². The summed E-state index contributed by atoms with van der Waals surface area (Å²) in [6, 6.07) is 8.51. The van der Waals surface area contributed by atoms with Crippen molar-refractivity contribution >= 4 is 35.2 Å². The number of rotatable bonds is 9. The van der Waals surface area contributed by atoms with Crippen LogP contribution >= 0.6 is 11.6 Å². The largest absolute Gasteiger partial charge is 0.466 e. The minimum absolute atomic E-state index is 0.0169. The second-order valence-electron chi connectivity index (χ2n) is 9.25. The molecule has 3 heterocycles. The molecule has 2 amide bonds. The molecule has 1 saturated heterocycles. The molecule has 0 bridgehead atoms. The minimum atomic E-state index is -0.855. The molecule has 206 valence electrons. The molecule has 12 heteroatoms. The van der Waals surface area contributed by atoms with E-state index in [1.165, 1.54) is 25.3 Å². The molecule has 10 nitrogen and oxygen atoms in total. The normalized spacial score (nSPS) is 17.9. The lowest BCUT2D eigenvalue weighted by Gasteiger charge is -2.36.